The Morgan fingerprint density at radius 2 is 2.00 bits per heavy atom. The normalized spacial score (nSPS) is 12.3. The van der Waals surface area contributed by atoms with Crippen LogP contribution in [0.1, 0.15) is 5.56 Å². The third kappa shape index (κ3) is 2.20. The number of hydrogen-bond acceptors (Lipinski definition) is 5. The van der Waals surface area contributed by atoms with E-state index < -0.39 is 4.92 Å². The van der Waals surface area contributed by atoms with E-state index in [2.05, 4.69) is 0 Å². The summed E-state index contributed by atoms with van der Waals surface area (Å²) in [6.07, 6.45) is -0.0417. The fraction of sp³-hybridized carbons (Fsp3) is 0.364. The second kappa shape index (κ2) is 4.52. The van der Waals surface area contributed by atoms with E-state index in [1.807, 2.05) is 0 Å². The van der Waals surface area contributed by atoms with Crippen molar-refractivity contribution in [1.82, 2.24) is 4.90 Å². The van der Waals surface area contributed by atoms with Crippen LogP contribution in [0.3, 0.4) is 0 Å². The molecule has 0 saturated heterocycles. The van der Waals surface area contributed by atoms with Gasteiger partial charge in [0.15, 0.2) is 11.5 Å². The lowest BCUT2D eigenvalue weighted by Gasteiger charge is -2.10. The maximum Gasteiger partial charge on any atom is 0.277 e. The first-order valence-electron chi connectivity index (χ1n) is 5.26. The van der Waals surface area contributed by atoms with Crippen LogP contribution in [0.25, 0.3) is 0 Å². The zero-order valence-electron chi connectivity index (χ0n) is 10.0. The lowest BCUT2D eigenvalue weighted by molar-refractivity contribution is -0.385. The zero-order chi connectivity index (χ0) is 13.3. The van der Waals surface area contributed by atoms with Crippen molar-refractivity contribution in [2.24, 2.45) is 0 Å². The van der Waals surface area contributed by atoms with E-state index in [0.29, 0.717) is 17.1 Å². The van der Waals surface area contributed by atoms with Crippen LogP contribution in [0.5, 0.6) is 11.5 Å². The Morgan fingerprint density at radius 1 is 1.39 bits per heavy atom. The van der Waals surface area contributed by atoms with Crippen LogP contribution in [0, 0.1) is 10.1 Å². The number of rotatable bonds is 3. The molecule has 1 amide bonds. The third-order valence-electron chi connectivity index (χ3n) is 2.61. The number of likely N-dealkylation sites (N-methyl/N-ethyl adjacent to an activating group) is 1. The molecule has 0 bridgehead atoms. The Morgan fingerprint density at radius 3 is 2.56 bits per heavy atom. The largest absolute Gasteiger partial charge is 0.454 e. The number of carbonyl (C=O) groups is 1. The maximum absolute atomic E-state index is 11.6. The zero-order valence-corrected chi connectivity index (χ0v) is 10.0. The van der Waals surface area contributed by atoms with Gasteiger partial charge in [0.2, 0.25) is 12.7 Å². The van der Waals surface area contributed by atoms with Crippen molar-refractivity contribution < 1.29 is 19.2 Å². The molecule has 7 nitrogen and oxygen atoms in total. The molecule has 0 unspecified atom stereocenters. The maximum atomic E-state index is 11.6. The smallest absolute Gasteiger partial charge is 0.277 e. The van der Waals surface area contributed by atoms with Crippen LogP contribution < -0.4 is 9.47 Å². The molecule has 0 saturated carbocycles. The van der Waals surface area contributed by atoms with E-state index in [-0.39, 0.29) is 24.8 Å². The molecule has 1 aromatic rings. The van der Waals surface area contributed by atoms with Gasteiger partial charge < -0.3 is 14.4 Å². The second-order valence-corrected chi connectivity index (χ2v) is 4.06. The SMILES string of the molecule is CN(C)C(=O)Cc1cc2c(cc1[N+](=O)[O-])OCO2. The summed E-state index contributed by atoms with van der Waals surface area (Å²) in [5.74, 6) is 0.557. The minimum absolute atomic E-state index is 0.0393. The Labute approximate surface area is 103 Å². The molecule has 1 aliphatic heterocycles. The van der Waals surface area contributed by atoms with Crippen LogP contribution in [0.4, 0.5) is 5.69 Å². The molecule has 1 heterocycles. The van der Waals surface area contributed by atoms with E-state index in [4.69, 9.17) is 9.47 Å². The molecule has 0 fully saturated rings. The number of hydrogen-bond donors (Lipinski definition) is 0. The van der Waals surface area contributed by atoms with Crippen molar-refractivity contribution >= 4 is 11.6 Å². The topological polar surface area (TPSA) is 81.9 Å². The number of nitro benzene ring substituents is 1. The van der Waals surface area contributed by atoms with Crippen molar-refractivity contribution in [2.75, 3.05) is 20.9 Å². The Hall–Kier alpha value is -2.31. The number of benzene rings is 1. The fourth-order valence-corrected chi connectivity index (χ4v) is 1.61. The standard InChI is InChI=1S/C11H12N2O5/c1-12(2)11(14)4-7-3-9-10(18-6-17-9)5-8(7)13(15)16/h3,5H,4,6H2,1-2H3. The number of fused-ring (bicyclic) bond motifs is 1. The van der Waals surface area contributed by atoms with Gasteiger partial charge in [-0.15, -0.1) is 0 Å². The van der Waals surface area contributed by atoms with Gasteiger partial charge in [-0.3, -0.25) is 14.9 Å². The van der Waals surface area contributed by atoms with Gasteiger partial charge in [0.25, 0.3) is 5.69 Å². The van der Waals surface area contributed by atoms with Crippen molar-refractivity contribution in [2.45, 2.75) is 6.42 Å². The molecule has 0 spiro atoms. The summed E-state index contributed by atoms with van der Waals surface area (Å²) in [4.78, 5) is 23.4. The molecular formula is C11H12N2O5. The monoisotopic (exact) mass is 252 g/mol. The number of ether oxygens (including phenoxy) is 2. The van der Waals surface area contributed by atoms with Gasteiger partial charge in [-0.2, -0.15) is 0 Å². The molecule has 0 aliphatic carbocycles. The van der Waals surface area contributed by atoms with Gasteiger partial charge in [-0.25, -0.2) is 0 Å². The molecule has 1 aromatic carbocycles. The Balaban J connectivity index is 2.38. The lowest BCUT2D eigenvalue weighted by Crippen LogP contribution is -2.23. The van der Waals surface area contributed by atoms with Crippen molar-refractivity contribution in [3.63, 3.8) is 0 Å². The summed E-state index contributed by atoms with van der Waals surface area (Å²) < 4.78 is 10.2. The minimum Gasteiger partial charge on any atom is -0.454 e. The van der Waals surface area contributed by atoms with Gasteiger partial charge in [0.05, 0.1) is 17.4 Å². The minimum atomic E-state index is -0.528. The quantitative estimate of drug-likeness (QED) is 0.591. The van der Waals surface area contributed by atoms with Crippen molar-refractivity contribution in [3.8, 4) is 11.5 Å². The fourth-order valence-electron chi connectivity index (χ4n) is 1.61. The summed E-state index contributed by atoms with van der Waals surface area (Å²) >= 11 is 0. The highest BCUT2D eigenvalue weighted by Gasteiger charge is 2.24. The van der Waals surface area contributed by atoms with Gasteiger partial charge in [-0.1, -0.05) is 0 Å². The van der Waals surface area contributed by atoms with Gasteiger partial charge in [0, 0.05) is 19.7 Å². The summed E-state index contributed by atoms with van der Waals surface area (Å²) in [5, 5.41) is 11.0. The lowest BCUT2D eigenvalue weighted by atomic mass is 10.1. The number of amides is 1. The molecule has 18 heavy (non-hydrogen) atoms. The first kappa shape index (κ1) is 12.2. The van der Waals surface area contributed by atoms with E-state index >= 15 is 0 Å². The van der Waals surface area contributed by atoms with Crippen LogP contribution >= 0.6 is 0 Å². The molecule has 0 N–H and O–H groups in total. The van der Waals surface area contributed by atoms with Gasteiger partial charge in [0.1, 0.15) is 0 Å². The Kier molecular flexibility index (Phi) is 3.05. The van der Waals surface area contributed by atoms with E-state index in [1.54, 1.807) is 14.1 Å². The Bertz CT molecular complexity index is 512. The number of nitro groups is 1. The number of nitrogens with zero attached hydrogens (tertiary/aromatic N) is 2. The molecule has 1 aliphatic rings. The highest BCUT2D eigenvalue weighted by molar-refractivity contribution is 5.80. The molecule has 96 valence electrons. The molecule has 0 aromatic heterocycles. The van der Waals surface area contributed by atoms with Gasteiger partial charge >= 0.3 is 0 Å². The predicted molar refractivity (Wildman–Crippen MR) is 61.6 cm³/mol. The van der Waals surface area contributed by atoms with Crippen LogP contribution in [-0.4, -0.2) is 36.6 Å². The number of carbonyl (C=O) groups excluding carboxylic acids is 1. The highest BCUT2D eigenvalue weighted by Crippen LogP contribution is 2.38. The average Bonchev–Trinajstić information content (AvgIpc) is 2.74. The molecular weight excluding hydrogens is 240 g/mol. The van der Waals surface area contributed by atoms with E-state index in [0.717, 1.165) is 0 Å². The highest BCUT2D eigenvalue weighted by atomic mass is 16.7. The van der Waals surface area contributed by atoms with Crippen LogP contribution in [0.15, 0.2) is 12.1 Å². The second-order valence-electron chi connectivity index (χ2n) is 4.06. The molecule has 7 heteroatoms. The summed E-state index contributed by atoms with van der Waals surface area (Å²) in [5.41, 5.74) is 0.192. The van der Waals surface area contributed by atoms with E-state index in [1.165, 1.54) is 17.0 Å². The van der Waals surface area contributed by atoms with Crippen LogP contribution in [-0.2, 0) is 11.2 Å². The predicted octanol–water partition coefficient (Wildman–Crippen LogP) is 0.954. The van der Waals surface area contributed by atoms with Gasteiger partial charge in [-0.05, 0) is 6.07 Å². The molecule has 0 radical (unpaired) electrons. The average molecular weight is 252 g/mol. The van der Waals surface area contributed by atoms with E-state index in [9.17, 15) is 14.9 Å². The third-order valence-corrected chi connectivity index (χ3v) is 2.61. The van der Waals surface area contributed by atoms with Crippen molar-refractivity contribution in [3.05, 3.63) is 27.8 Å². The first-order chi connectivity index (χ1) is 8.49. The first-order valence-corrected chi connectivity index (χ1v) is 5.26. The summed E-state index contributed by atoms with van der Waals surface area (Å²) in [6, 6.07) is 2.78. The summed E-state index contributed by atoms with van der Waals surface area (Å²) in [6.45, 7) is 0.0393. The molecule has 2 rings (SSSR count). The van der Waals surface area contributed by atoms with Crippen LogP contribution in [0.2, 0.25) is 0 Å². The molecule has 0 atom stereocenters. The summed E-state index contributed by atoms with van der Waals surface area (Å²) in [7, 11) is 3.20. The van der Waals surface area contributed by atoms with Crippen molar-refractivity contribution in [1.29, 1.82) is 0 Å².